The molecule has 0 aromatic heterocycles. The lowest BCUT2D eigenvalue weighted by Gasteiger charge is -2.21. The Morgan fingerprint density at radius 2 is 1.95 bits per heavy atom. The van der Waals surface area contributed by atoms with Crippen molar-refractivity contribution in [1.29, 1.82) is 0 Å². The van der Waals surface area contributed by atoms with Gasteiger partial charge in [0.05, 0.1) is 12.2 Å². The highest BCUT2D eigenvalue weighted by Crippen LogP contribution is 2.16. The Morgan fingerprint density at radius 1 is 1.26 bits per heavy atom. The van der Waals surface area contributed by atoms with Crippen molar-refractivity contribution in [3.8, 4) is 0 Å². The van der Waals surface area contributed by atoms with Crippen molar-refractivity contribution >= 4 is 5.97 Å². The zero-order valence-corrected chi connectivity index (χ0v) is 12.3. The van der Waals surface area contributed by atoms with Gasteiger partial charge in [0.25, 0.3) is 0 Å². The minimum Gasteiger partial charge on any atom is -0.456 e. The maximum absolute atomic E-state index is 12.3. The molecule has 0 amide bonds. The summed E-state index contributed by atoms with van der Waals surface area (Å²) in [6, 6.07) is 7.64. The summed E-state index contributed by atoms with van der Waals surface area (Å²) in [4.78, 5) is 12.3. The molecule has 1 atom stereocenters. The Kier molecular flexibility index (Phi) is 6.57. The molecule has 0 fully saturated rings. The van der Waals surface area contributed by atoms with E-state index in [0.29, 0.717) is 12.2 Å². The van der Waals surface area contributed by atoms with E-state index in [-0.39, 0.29) is 18.0 Å². The molecular formula is C16H24O3. The highest BCUT2D eigenvalue weighted by molar-refractivity contribution is 5.91. The first-order valence-corrected chi connectivity index (χ1v) is 6.88. The molecule has 1 rings (SSSR count). The average molecular weight is 264 g/mol. The number of hydrogen-bond donors (Lipinski definition) is 0. The van der Waals surface area contributed by atoms with Gasteiger partial charge in [0.2, 0.25) is 0 Å². The quantitative estimate of drug-likeness (QED) is 0.707. The first-order valence-electron chi connectivity index (χ1n) is 6.88. The fraction of sp³-hybridized carbons (Fsp3) is 0.562. The Morgan fingerprint density at radius 3 is 2.53 bits per heavy atom. The molecule has 1 unspecified atom stereocenters. The van der Waals surface area contributed by atoms with Gasteiger partial charge in [-0.15, -0.1) is 0 Å². The van der Waals surface area contributed by atoms with Gasteiger partial charge in [0.1, 0.15) is 6.10 Å². The Bertz CT molecular complexity index is 399. The van der Waals surface area contributed by atoms with Crippen LogP contribution in [0.15, 0.2) is 24.3 Å². The molecule has 0 saturated carbocycles. The number of carbonyl (C=O) groups is 1. The first kappa shape index (κ1) is 15.7. The summed E-state index contributed by atoms with van der Waals surface area (Å²) in [5.41, 5.74) is 1.72. The van der Waals surface area contributed by atoms with Crippen molar-refractivity contribution in [3.05, 3.63) is 35.4 Å². The van der Waals surface area contributed by atoms with E-state index >= 15 is 0 Å². The molecule has 0 aliphatic rings. The molecule has 106 valence electrons. The number of ether oxygens (including phenoxy) is 2. The molecule has 0 heterocycles. The summed E-state index contributed by atoms with van der Waals surface area (Å²) in [7, 11) is 1.62. The van der Waals surface area contributed by atoms with Crippen LogP contribution in [0.25, 0.3) is 0 Å². The van der Waals surface area contributed by atoms with Gasteiger partial charge in [0.15, 0.2) is 0 Å². The van der Waals surface area contributed by atoms with Gasteiger partial charge in [-0.2, -0.15) is 0 Å². The first-order chi connectivity index (χ1) is 9.10. The van der Waals surface area contributed by atoms with E-state index in [4.69, 9.17) is 9.47 Å². The maximum Gasteiger partial charge on any atom is 0.338 e. The second kappa shape index (κ2) is 7.95. The van der Waals surface area contributed by atoms with Crippen LogP contribution >= 0.6 is 0 Å². The Balaban J connectivity index is 2.81. The van der Waals surface area contributed by atoms with E-state index in [1.807, 2.05) is 38.1 Å². The molecule has 0 aliphatic heterocycles. The van der Waals surface area contributed by atoms with Gasteiger partial charge in [-0.05, 0) is 24.0 Å². The SMILES string of the molecule is CCCc1ccccc1C(=O)OC(COC)C(C)C. The van der Waals surface area contributed by atoms with Crippen LogP contribution in [0.2, 0.25) is 0 Å². The van der Waals surface area contributed by atoms with Crippen LogP contribution < -0.4 is 0 Å². The zero-order chi connectivity index (χ0) is 14.3. The number of esters is 1. The van der Waals surface area contributed by atoms with Crippen LogP contribution in [0.4, 0.5) is 0 Å². The second-order valence-corrected chi connectivity index (χ2v) is 5.05. The molecule has 0 radical (unpaired) electrons. The average Bonchev–Trinajstić information content (AvgIpc) is 2.39. The van der Waals surface area contributed by atoms with Gasteiger partial charge in [-0.3, -0.25) is 0 Å². The number of aryl methyl sites for hydroxylation is 1. The minimum absolute atomic E-state index is 0.202. The van der Waals surface area contributed by atoms with Crippen molar-refractivity contribution in [2.75, 3.05) is 13.7 Å². The van der Waals surface area contributed by atoms with Crippen LogP contribution in [0.3, 0.4) is 0 Å². The maximum atomic E-state index is 12.3. The molecule has 3 nitrogen and oxygen atoms in total. The van der Waals surface area contributed by atoms with Crippen molar-refractivity contribution < 1.29 is 14.3 Å². The molecule has 0 saturated heterocycles. The molecule has 0 N–H and O–H groups in total. The number of methoxy groups -OCH3 is 1. The molecule has 0 aliphatic carbocycles. The lowest BCUT2D eigenvalue weighted by atomic mass is 10.0. The molecule has 0 spiro atoms. The van der Waals surface area contributed by atoms with Crippen LogP contribution in [-0.2, 0) is 15.9 Å². The van der Waals surface area contributed by atoms with Crippen molar-refractivity contribution in [2.45, 2.75) is 39.7 Å². The van der Waals surface area contributed by atoms with E-state index in [2.05, 4.69) is 6.92 Å². The molecular weight excluding hydrogens is 240 g/mol. The van der Waals surface area contributed by atoms with Crippen molar-refractivity contribution in [3.63, 3.8) is 0 Å². The van der Waals surface area contributed by atoms with Crippen LogP contribution in [-0.4, -0.2) is 25.8 Å². The van der Waals surface area contributed by atoms with Gasteiger partial charge < -0.3 is 9.47 Å². The van der Waals surface area contributed by atoms with Crippen LogP contribution in [0.5, 0.6) is 0 Å². The lowest BCUT2D eigenvalue weighted by molar-refractivity contribution is -0.0103. The van der Waals surface area contributed by atoms with Crippen molar-refractivity contribution in [2.24, 2.45) is 5.92 Å². The fourth-order valence-corrected chi connectivity index (χ4v) is 1.93. The summed E-state index contributed by atoms with van der Waals surface area (Å²) in [6.07, 6.45) is 1.70. The molecule has 1 aromatic rings. The summed E-state index contributed by atoms with van der Waals surface area (Å²) in [5, 5.41) is 0. The zero-order valence-electron chi connectivity index (χ0n) is 12.3. The molecule has 3 heteroatoms. The monoisotopic (exact) mass is 264 g/mol. The number of carbonyl (C=O) groups excluding carboxylic acids is 1. The number of benzene rings is 1. The van der Waals surface area contributed by atoms with Crippen LogP contribution in [0.1, 0.15) is 43.1 Å². The van der Waals surface area contributed by atoms with E-state index in [9.17, 15) is 4.79 Å². The minimum atomic E-state index is -0.250. The Hall–Kier alpha value is -1.35. The lowest BCUT2D eigenvalue weighted by Crippen LogP contribution is -2.28. The second-order valence-electron chi connectivity index (χ2n) is 5.05. The van der Waals surface area contributed by atoms with Gasteiger partial charge in [0, 0.05) is 7.11 Å². The third-order valence-electron chi connectivity index (χ3n) is 3.09. The van der Waals surface area contributed by atoms with Gasteiger partial charge in [-0.25, -0.2) is 4.79 Å². The summed E-state index contributed by atoms with van der Waals surface area (Å²) in [6.45, 7) is 6.58. The largest absolute Gasteiger partial charge is 0.456 e. The van der Waals surface area contributed by atoms with E-state index < -0.39 is 0 Å². The van der Waals surface area contributed by atoms with Crippen LogP contribution in [0, 0.1) is 5.92 Å². The number of hydrogen-bond acceptors (Lipinski definition) is 3. The van der Waals surface area contributed by atoms with E-state index in [1.165, 1.54) is 0 Å². The smallest absolute Gasteiger partial charge is 0.338 e. The predicted molar refractivity (Wildman–Crippen MR) is 76.4 cm³/mol. The Labute approximate surface area is 115 Å². The van der Waals surface area contributed by atoms with Crippen molar-refractivity contribution in [1.82, 2.24) is 0 Å². The summed E-state index contributed by atoms with van der Waals surface area (Å²) in [5.74, 6) is -0.0120. The topological polar surface area (TPSA) is 35.5 Å². The van der Waals surface area contributed by atoms with E-state index in [0.717, 1.165) is 18.4 Å². The third-order valence-corrected chi connectivity index (χ3v) is 3.09. The third kappa shape index (κ3) is 4.67. The summed E-state index contributed by atoms with van der Waals surface area (Å²) >= 11 is 0. The van der Waals surface area contributed by atoms with Gasteiger partial charge in [-0.1, -0.05) is 45.4 Å². The summed E-state index contributed by atoms with van der Waals surface area (Å²) < 4.78 is 10.7. The molecule has 0 bridgehead atoms. The number of rotatable bonds is 7. The van der Waals surface area contributed by atoms with Gasteiger partial charge >= 0.3 is 5.97 Å². The fourth-order valence-electron chi connectivity index (χ4n) is 1.93. The predicted octanol–water partition coefficient (Wildman–Crippen LogP) is 3.47. The highest BCUT2D eigenvalue weighted by Gasteiger charge is 2.20. The molecule has 1 aromatic carbocycles. The van der Waals surface area contributed by atoms with E-state index in [1.54, 1.807) is 7.11 Å². The highest BCUT2D eigenvalue weighted by atomic mass is 16.6. The normalized spacial score (nSPS) is 12.5. The molecule has 19 heavy (non-hydrogen) atoms. The standard InChI is InChI=1S/C16H24O3/c1-5-8-13-9-6-7-10-14(13)16(17)19-15(11-18-4)12(2)3/h6-7,9-10,12,15H,5,8,11H2,1-4H3.